The van der Waals surface area contributed by atoms with Crippen LogP contribution < -0.4 is 0 Å². The van der Waals surface area contributed by atoms with Gasteiger partial charge >= 0.3 is 0 Å². The molecule has 0 radical (unpaired) electrons. The van der Waals surface area contributed by atoms with E-state index in [0.717, 1.165) is 5.56 Å². The quantitative estimate of drug-likeness (QED) is 0.340. The summed E-state index contributed by atoms with van der Waals surface area (Å²) in [6, 6.07) is 9.14. The van der Waals surface area contributed by atoms with Crippen LogP contribution in [0.3, 0.4) is 0 Å². The minimum Gasteiger partial charge on any atom is -0.391 e. The summed E-state index contributed by atoms with van der Waals surface area (Å²) in [4.78, 5) is 4.97. The molecule has 1 aromatic carbocycles. The molecular formula is C12H11ClN2O. The van der Waals surface area contributed by atoms with Gasteiger partial charge in [0.15, 0.2) is 0 Å². The van der Waals surface area contributed by atoms with Crippen molar-refractivity contribution >= 4 is 17.3 Å². The maximum absolute atomic E-state index is 8.68. The lowest BCUT2D eigenvalue weighted by molar-refractivity contribution is 0.174. The Kier molecular flexibility index (Phi) is 5.10. The van der Waals surface area contributed by atoms with Crippen LogP contribution in [0, 0.1) is 11.3 Å². The van der Waals surface area contributed by atoms with Crippen LogP contribution in [0.15, 0.2) is 42.1 Å². The summed E-state index contributed by atoms with van der Waals surface area (Å²) in [5.74, 6) is 0. The van der Waals surface area contributed by atoms with Crippen LogP contribution in [-0.2, 0) is 4.84 Å². The summed E-state index contributed by atoms with van der Waals surface area (Å²) in [5.41, 5.74) is 1.41. The molecule has 0 saturated carbocycles. The van der Waals surface area contributed by atoms with Gasteiger partial charge in [-0.3, -0.25) is 0 Å². The van der Waals surface area contributed by atoms with Gasteiger partial charge < -0.3 is 4.84 Å². The summed E-state index contributed by atoms with van der Waals surface area (Å²) >= 11 is 5.77. The molecule has 0 aliphatic heterocycles. The third-order valence-corrected chi connectivity index (χ3v) is 2.04. The van der Waals surface area contributed by atoms with Gasteiger partial charge in [-0.05, 0) is 12.1 Å². The number of hydrogen-bond donors (Lipinski definition) is 0. The molecule has 0 atom stereocenters. The minimum absolute atomic E-state index is 0.193. The zero-order chi connectivity index (χ0) is 11.8. The topological polar surface area (TPSA) is 45.4 Å². The van der Waals surface area contributed by atoms with E-state index < -0.39 is 0 Å². The maximum atomic E-state index is 8.68. The van der Waals surface area contributed by atoms with Crippen LogP contribution in [0.5, 0.6) is 0 Å². The van der Waals surface area contributed by atoms with E-state index in [1.807, 2.05) is 6.07 Å². The Morgan fingerprint density at radius 3 is 2.75 bits per heavy atom. The molecule has 0 amide bonds. The first-order valence-corrected chi connectivity index (χ1v) is 5.08. The highest BCUT2D eigenvalue weighted by atomic mass is 35.5. The fourth-order valence-electron chi connectivity index (χ4n) is 1.07. The second-order valence-corrected chi connectivity index (χ2v) is 3.40. The largest absolute Gasteiger partial charge is 0.391 e. The Morgan fingerprint density at radius 2 is 2.19 bits per heavy atom. The molecule has 3 nitrogen and oxygen atoms in total. The number of halogens is 1. The van der Waals surface area contributed by atoms with Crippen LogP contribution >= 0.6 is 11.6 Å². The maximum Gasteiger partial charge on any atom is 0.135 e. The first kappa shape index (κ1) is 12.3. The van der Waals surface area contributed by atoms with Gasteiger partial charge in [-0.1, -0.05) is 41.5 Å². The molecule has 16 heavy (non-hydrogen) atoms. The molecule has 4 heteroatoms. The summed E-state index contributed by atoms with van der Waals surface area (Å²) in [6.45, 7) is 3.83. The van der Waals surface area contributed by atoms with Crippen LogP contribution in [0.4, 0.5) is 0 Å². The first-order valence-electron chi connectivity index (χ1n) is 4.70. The van der Waals surface area contributed by atoms with E-state index in [-0.39, 0.29) is 6.42 Å². The van der Waals surface area contributed by atoms with E-state index in [9.17, 15) is 0 Å². The summed E-state index contributed by atoms with van der Waals surface area (Å²) < 4.78 is 0. The molecule has 0 bridgehead atoms. The Balaban J connectivity index is 2.85. The monoisotopic (exact) mass is 234 g/mol. The highest BCUT2D eigenvalue weighted by Gasteiger charge is 2.03. The van der Waals surface area contributed by atoms with E-state index in [0.29, 0.717) is 17.3 Å². The summed E-state index contributed by atoms with van der Waals surface area (Å²) in [5, 5.41) is 13.2. The number of nitriles is 1. The molecule has 1 rings (SSSR count). The lowest BCUT2D eigenvalue weighted by Crippen LogP contribution is -2.01. The number of nitrogens with zero attached hydrogens (tertiary/aromatic N) is 2. The molecule has 0 aliphatic carbocycles. The van der Waals surface area contributed by atoms with Crippen LogP contribution in [0.1, 0.15) is 12.0 Å². The Morgan fingerprint density at radius 1 is 1.50 bits per heavy atom. The smallest absolute Gasteiger partial charge is 0.135 e. The van der Waals surface area contributed by atoms with Gasteiger partial charge in [-0.2, -0.15) is 5.26 Å². The third-order valence-electron chi connectivity index (χ3n) is 1.79. The fraction of sp³-hybridized carbons (Fsp3) is 0.167. The Hall–Kier alpha value is -1.79. The van der Waals surface area contributed by atoms with Crippen molar-refractivity contribution in [2.75, 3.05) is 6.61 Å². The van der Waals surface area contributed by atoms with Gasteiger partial charge in [0.25, 0.3) is 0 Å². The molecule has 0 saturated heterocycles. The van der Waals surface area contributed by atoms with Crippen molar-refractivity contribution in [3.05, 3.63) is 47.5 Å². The van der Waals surface area contributed by atoms with Gasteiger partial charge in [-0.25, -0.2) is 0 Å². The zero-order valence-electron chi connectivity index (χ0n) is 8.69. The summed E-state index contributed by atoms with van der Waals surface area (Å²) in [6.07, 6.45) is 1.79. The van der Waals surface area contributed by atoms with E-state index in [4.69, 9.17) is 21.7 Å². The van der Waals surface area contributed by atoms with Gasteiger partial charge in [0.05, 0.1) is 12.5 Å². The molecule has 0 fully saturated rings. The fourth-order valence-corrected chi connectivity index (χ4v) is 1.20. The van der Waals surface area contributed by atoms with Crippen LogP contribution in [-0.4, -0.2) is 12.3 Å². The molecule has 0 aromatic heterocycles. The van der Waals surface area contributed by atoms with Crippen LogP contribution in [0.25, 0.3) is 0 Å². The molecule has 0 spiro atoms. The Labute approximate surface area is 99.6 Å². The molecule has 0 heterocycles. The minimum atomic E-state index is 0.193. The van der Waals surface area contributed by atoms with Crippen LogP contribution in [0.2, 0.25) is 5.02 Å². The predicted molar refractivity (Wildman–Crippen MR) is 64.4 cm³/mol. The second-order valence-electron chi connectivity index (χ2n) is 2.96. The molecule has 0 unspecified atom stereocenters. The molecule has 1 aromatic rings. The first-order chi connectivity index (χ1) is 7.77. The average molecular weight is 235 g/mol. The van der Waals surface area contributed by atoms with Crippen molar-refractivity contribution in [1.82, 2.24) is 0 Å². The summed E-state index contributed by atoms with van der Waals surface area (Å²) in [7, 11) is 0. The van der Waals surface area contributed by atoms with Crippen molar-refractivity contribution in [1.29, 1.82) is 5.26 Å². The molecule has 0 aliphatic rings. The van der Waals surface area contributed by atoms with Gasteiger partial charge in [-0.15, -0.1) is 0 Å². The number of hydrogen-bond acceptors (Lipinski definition) is 3. The standard InChI is InChI=1S/C12H11ClN2O/c1-2-9-16-15-12(7-8-14)10-3-5-11(13)6-4-10/h2-6H,1,7,9H2/b15-12+. The normalized spacial score (nSPS) is 10.6. The molecule has 82 valence electrons. The zero-order valence-corrected chi connectivity index (χ0v) is 9.44. The van der Waals surface area contributed by atoms with Crippen molar-refractivity contribution in [3.63, 3.8) is 0 Å². The second kappa shape index (κ2) is 6.65. The van der Waals surface area contributed by atoms with E-state index in [1.165, 1.54) is 0 Å². The molecular weight excluding hydrogens is 224 g/mol. The molecule has 0 N–H and O–H groups in total. The van der Waals surface area contributed by atoms with Crippen molar-refractivity contribution in [2.24, 2.45) is 5.16 Å². The van der Waals surface area contributed by atoms with E-state index in [2.05, 4.69) is 11.7 Å². The number of benzene rings is 1. The lowest BCUT2D eigenvalue weighted by Gasteiger charge is -2.02. The predicted octanol–water partition coefficient (Wildman–Crippen LogP) is 3.16. The van der Waals surface area contributed by atoms with E-state index >= 15 is 0 Å². The van der Waals surface area contributed by atoms with E-state index in [1.54, 1.807) is 30.3 Å². The van der Waals surface area contributed by atoms with Gasteiger partial charge in [0.1, 0.15) is 12.3 Å². The van der Waals surface area contributed by atoms with Crippen molar-refractivity contribution in [3.8, 4) is 6.07 Å². The number of oxime groups is 1. The highest BCUT2D eigenvalue weighted by Crippen LogP contribution is 2.11. The highest BCUT2D eigenvalue weighted by molar-refractivity contribution is 6.30. The van der Waals surface area contributed by atoms with Gasteiger partial charge in [0.2, 0.25) is 0 Å². The average Bonchev–Trinajstić information content (AvgIpc) is 2.29. The third kappa shape index (κ3) is 3.76. The lowest BCUT2D eigenvalue weighted by atomic mass is 10.1. The van der Waals surface area contributed by atoms with Crippen molar-refractivity contribution < 1.29 is 4.84 Å². The Bertz CT molecular complexity index is 418. The SMILES string of the molecule is C=CCO/N=C(\CC#N)c1ccc(Cl)cc1. The van der Waals surface area contributed by atoms with Gasteiger partial charge in [0, 0.05) is 10.6 Å². The van der Waals surface area contributed by atoms with Crippen molar-refractivity contribution in [2.45, 2.75) is 6.42 Å². The number of rotatable bonds is 5.